The Morgan fingerprint density at radius 2 is 1.83 bits per heavy atom. The SMILES string of the molecule is O=C(N[C@@H](CCO)C(=O)O)c1ccc(NCc2cccnc2)cc1-c1ccccc1. The molecule has 7 nitrogen and oxygen atoms in total. The Kier molecular flexibility index (Phi) is 7.13. The average molecular weight is 405 g/mol. The molecule has 0 spiro atoms. The van der Waals surface area contributed by atoms with E-state index in [1.54, 1.807) is 24.5 Å². The molecule has 1 atom stereocenters. The first-order valence-electron chi connectivity index (χ1n) is 9.55. The molecule has 0 aliphatic carbocycles. The van der Waals surface area contributed by atoms with Crippen LogP contribution in [-0.2, 0) is 11.3 Å². The van der Waals surface area contributed by atoms with Gasteiger partial charge in [-0.1, -0.05) is 36.4 Å². The van der Waals surface area contributed by atoms with Crippen molar-refractivity contribution in [1.29, 1.82) is 0 Å². The fraction of sp³-hybridized carbons (Fsp3) is 0.174. The Balaban J connectivity index is 1.88. The molecule has 4 N–H and O–H groups in total. The van der Waals surface area contributed by atoms with Crippen molar-refractivity contribution in [2.45, 2.75) is 19.0 Å². The number of aliphatic hydroxyl groups excluding tert-OH is 1. The van der Waals surface area contributed by atoms with Crippen LogP contribution in [0.1, 0.15) is 22.3 Å². The van der Waals surface area contributed by atoms with Crippen LogP contribution in [0.4, 0.5) is 5.69 Å². The summed E-state index contributed by atoms with van der Waals surface area (Å²) in [6.45, 7) is 0.241. The molecule has 1 aromatic heterocycles. The molecule has 1 amide bonds. The average Bonchev–Trinajstić information content (AvgIpc) is 2.78. The molecule has 0 aliphatic rings. The van der Waals surface area contributed by atoms with E-state index in [0.717, 1.165) is 16.8 Å². The number of hydrogen-bond donors (Lipinski definition) is 4. The van der Waals surface area contributed by atoms with E-state index in [0.29, 0.717) is 17.7 Å². The highest BCUT2D eigenvalue weighted by Gasteiger charge is 2.22. The predicted molar refractivity (Wildman–Crippen MR) is 114 cm³/mol. The van der Waals surface area contributed by atoms with E-state index >= 15 is 0 Å². The molecular weight excluding hydrogens is 382 g/mol. The number of nitrogens with zero attached hydrogens (tertiary/aromatic N) is 1. The fourth-order valence-electron chi connectivity index (χ4n) is 3.04. The summed E-state index contributed by atoms with van der Waals surface area (Å²) in [4.78, 5) is 28.3. The summed E-state index contributed by atoms with van der Waals surface area (Å²) in [6, 6.07) is 17.4. The standard InChI is InChI=1S/C23H23N3O4/c27-12-10-21(23(29)30)26-22(28)19-9-8-18(25-15-16-5-4-11-24-14-16)13-20(19)17-6-2-1-3-7-17/h1-9,11,13-14,21,25,27H,10,12,15H2,(H,26,28)(H,29,30)/t21-/m0/s1. The number of nitrogens with one attached hydrogen (secondary N) is 2. The number of carboxylic acids is 1. The van der Waals surface area contributed by atoms with E-state index < -0.39 is 17.9 Å². The molecule has 154 valence electrons. The van der Waals surface area contributed by atoms with E-state index in [2.05, 4.69) is 15.6 Å². The van der Waals surface area contributed by atoms with E-state index in [4.69, 9.17) is 5.11 Å². The van der Waals surface area contributed by atoms with Gasteiger partial charge in [-0.15, -0.1) is 0 Å². The molecular formula is C23H23N3O4. The number of aliphatic hydroxyl groups is 1. The topological polar surface area (TPSA) is 112 Å². The van der Waals surface area contributed by atoms with Crippen LogP contribution in [0.25, 0.3) is 11.1 Å². The zero-order valence-corrected chi connectivity index (χ0v) is 16.3. The molecule has 1 heterocycles. The zero-order valence-electron chi connectivity index (χ0n) is 16.3. The van der Waals surface area contributed by atoms with Gasteiger partial charge in [-0.05, 0) is 41.0 Å². The summed E-state index contributed by atoms with van der Waals surface area (Å²) in [5.74, 6) is -1.69. The summed E-state index contributed by atoms with van der Waals surface area (Å²) >= 11 is 0. The third kappa shape index (κ3) is 5.42. The smallest absolute Gasteiger partial charge is 0.326 e. The Morgan fingerprint density at radius 1 is 1.03 bits per heavy atom. The van der Waals surface area contributed by atoms with Gasteiger partial charge in [-0.25, -0.2) is 4.79 Å². The number of anilines is 1. The van der Waals surface area contributed by atoms with Crippen LogP contribution in [0.15, 0.2) is 73.1 Å². The van der Waals surface area contributed by atoms with Gasteiger partial charge in [0.15, 0.2) is 0 Å². The number of carboxylic acid groups (broad SMARTS) is 1. The number of aliphatic carboxylic acids is 1. The normalized spacial score (nSPS) is 11.5. The van der Waals surface area contributed by atoms with Crippen LogP contribution in [0.3, 0.4) is 0 Å². The summed E-state index contributed by atoms with van der Waals surface area (Å²) in [7, 11) is 0. The van der Waals surface area contributed by atoms with Crippen LogP contribution < -0.4 is 10.6 Å². The number of carbonyl (C=O) groups excluding carboxylic acids is 1. The van der Waals surface area contributed by atoms with E-state index in [-0.39, 0.29) is 13.0 Å². The van der Waals surface area contributed by atoms with Crippen LogP contribution in [0.2, 0.25) is 0 Å². The first kappa shape index (κ1) is 21.0. The molecule has 0 saturated heterocycles. The molecule has 30 heavy (non-hydrogen) atoms. The maximum absolute atomic E-state index is 12.8. The van der Waals surface area contributed by atoms with Gasteiger partial charge >= 0.3 is 5.97 Å². The lowest BCUT2D eigenvalue weighted by molar-refractivity contribution is -0.139. The minimum Gasteiger partial charge on any atom is -0.480 e. The lowest BCUT2D eigenvalue weighted by atomic mass is 9.98. The lowest BCUT2D eigenvalue weighted by Gasteiger charge is -2.17. The summed E-state index contributed by atoms with van der Waals surface area (Å²) < 4.78 is 0. The van der Waals surface area contributed by atoms with Gasteiger partial charge in [-0.3, -0.25) is 9.78 Å². The number of amides is 1. The van der Waals surface area contributed by atoms with Crippen LogP contribution >= 0.6 is 0 Å². The van der Waals surface area contributed by atoms with Gasteiger partial charge < -0.3 is 20.8 Å². The first-order chi connectivity index (χ1) is 14.6. The van der Waals surface area contributed by atoms with Crippen molar-refractivity contribution in [2.24, 2.45) is 0 Å². The minimum atomic E-state index is -1.19. The van der Waals surface area contributed by atoms with Crippen LogP contribution in [0, 0.1) is 0 Å². The molecule has 0 unspecified atom stereocenters. The lowest BCUT2D eigenvalue weighted by Crippen LogP contribution is -2.41. The first-order valence-corrected chi connectivity index (χ1v) is 9.55. The molecule has 3 rings (SSSR count). The number of carbonyl (C=O) groups is 2. The number of aromatic nitrogens is 1. The van der Waals surface area contributed by atoms with Gasteiger partial charge in [0.2, 0.25) is 0 Å². The van der Waals surface area contributed by atoms with Crippen LogP contribution in [-0.4, -0.2) is 39.7 Å². The Bertz CT molecular complexity index is 994. The highest BCUT2D eigenvalue weighted by molar-refractivity contribution is 6.03. The molecule has 0 saturated carbocycles. The van der Waals surface area contributed by atoms with E-state index in [1.165, 1.54) is 0 Å². The maximum Gasteiger partial charge on any atom is 0.326 e. The molecule has 0 aliphatic heterocycles. The van der Waals surface area contributed by atoms with E-state index in [9.17, 15) is 14.7 Å². The number of rotatable bonds is 9. The Labute approximate surface area is 174 Å². The van der Waals surface area contributed by atoms with Gasteiger partial charge in [-0.2, -0.15) is 0 Å². The number of benzene rings is 2. The van der Waals surface area contributed by atoms with Crippen LogP contribution in [0.5, 0.6) is 0 Å². The van der Waals surface area contributed by atoms with Crippen molar-refractivity contribution in [1.82, 2.24) is 10.3 Å². The predicted octanol–water partition coefficient (Wildman–Crippen LogP) is 2.93. The monoisotopic (exact) mass is 405 g/mol. The maximum atomic E-state index is 12.8. The highest BCUT2D eigenvalue weighted by atomic mass is 16.4. The summed E-state index contributed by atoms with van der Waals surface area (Å²) in [5, 5.41) is 24.1. The quantitative estimate of drug-likeness (QED) is 0.436. The fourth-order valence-corrected chi connectivity index (χ4v) is 3.04. The summed E-state index contributed by atoms with van der Waals surface area (Å²) in [5.41, 5.74) is 3.71. The molecule has 0 bridgehead atoms. The third-order valence-corrected chi connectivity index (χ3v) is 4.59. The van der Waals surface area contributed by atoms with Gasteiger partial charge in [0.1, 0.15) is 6.04 Å². The second-order valence-electron chi connectivity index (χ2n) is 6.72. The van der Waals surface area contributed by atoms with Gasteiger partial charge in [0.05, 0.1) is 0 Å². The number of pyridine rings is 1. The molecule has 3 aromatic rings. The minimum absolute atomic E-state index is 0.0630. The largest absolute Gasteiger partial charge is 0.480 e. The Morgan fingerprint density at radius 3 is 2.50 bits per heavy atom. The second kappa shape index (κ2) is 10.2. The highest BCUT2D eigenvalue weighted by Crippen LogP contribution is 2.27. The van der Waals surface area contributed by atoms with Crippen molar-refractivity contribution < 1.29 is 19.8 Å². The molecule has 0 fully saturated rings. The van der Waals surface area contributed by atoms with Crippen molar-refractivity contribution >= 4 is 17.6 Å². The zero-order chi connectivity index (χ0) is 21.3. The van der Waals surface area contributed by atoms with Crippen molar-refractivity contribution in [3.63, 3.8) is 0 Å². The molecule has 7 heteroatoms. The van der Waals surface area contributed by atoms with Gasteiger partial charge in [0, 0.05) is 43.2 Å². The van der Waals surface area contributed by atoms with Gasteiger partial charge in [0.25, 0.3) is 5.91 Å². The summed E-state index contributed by atoms with van der Waals surface area (Å²) in [6.07, 6.45) is 3.43. The van der Waals surface area contributed by atoms with Crippen molar-refractivity contribution in [3.8, 4) is 11.1 Å². The van der Waals surface area contributed by atoms with E-state index in [1.807, 2.05) is 48.5 Å². The molecule has 2 aromatic carbocycles. The number of hydrogen-bond acceptors (Lipinski definition) is 5. The van der Waals surface area contributed by atoms with Crippen molar-refractivity contribution in [3.05, 3.63) is 84.2 Å². The third-order valence-electron chi connectivity index (χ3n) is 4.59. The molecule has 0 radical (unpaired) electrons. The Hall–Kier alpha value is -3.71. The second-order valence-corrected chi connectivity index (χ2v) is 6.72. The van der Waals surface area contributed by atoms with Crippen molar-refractivity contribution in [2.75, 3.05) is 11.9 Å².